The van der Waals surface area contributed by atoms with Crippen LogP contribution in [0.2, 0.25) is 0 Å². The summed E-state index contributed by atoms with van der Waals surface area (Å²) in [5.74, 6) is 1.74. The molecule has 0 aromatic carbocycles. The standard InChI is InChI=1S/C11H24N2/c1-9(2)6-11(7-12)13(3)8-10-4-5-10/h9-11H,4-8,12H2,1-3H3. The lowest BCUT2D eigenvalue weighted by Gasteiger charge is -2.28. The minimum Gasteiger partial charge on any atom is -0.329 e. The molecule has 78 valence electrons. The van der Waals surface area contributed by atoms with Crippen molar-refractivity contribution in [2.45, 2.75) is 39.2 Å². The van der Waals surface area contributed by atoms with Gasteiger partial charge in [0, 0.05) is 19.1 Å². The Hall–Kier alpha value is -0.0800. The first-order valence-electron chi connectivity index (χ1n) is 5.53. The van der Waals surface area contributed by atoms with Gasteiger partial charge in [-0.2, -0.15) is 0 Å². The molecule has 0 aromatic rings. The monoisotopic (exact) mass is 184 g/mol. The third kappa shape index (κ3) is 4.10. The lowest BCUT2D eigenvalue weighted by Crippen LogP contribution is -2.39. The van der Waals surface area contributed by atoms with Gasteiger partial charge in [0.15, 0.2) is 0 Å². The average molecular weight is 184 g/mol. The molecular formula is C11H24N2. The fourth-order valence-corrected chi connectivity index (χ4v) is 1.86. The van der Waals surface area contributed by atoms with Crippen LogP contribution in [-0.4, -0.2) is 31.1 Å². The zero-order chi connectivity index (χ0) is 9.84. The molecule has 2 N–H and O–H groups in total. The van der Waals surface area contributed by atoms with Crippen molar-refractivity contribution in [3.05, 3.63) is 0 Å². The van der Waals surface area contributed by atoms with E-state index in [9.17, 15) is 0 Å². The van der Waals surface area contributed by atoms with Gasteiger partial charge in [0.25, 0.3) is 0 Å². The van der Waals surface area contributed by atoms with Crippen molar-refractivity contribution in [3.8, 4) is 0 Å². The minimum atomic E-state index is 0.598. The average Bonchev–Trinajstić information content (AvgIpc) is 2.83. The van der Waals surface area contributed by atoms with E-state index >= 15 is 0 Å². The summed E-state index contributed by atoms with van der Waals surface area (Å²) < 4.78 is 0. The molecule has 13 heavy (non-hydrogen) atoms. The molecule has 2 heteroatoms. The number of hydrogen-bond acceptors (Lipinski definition) is 2. The molecule has 0 amide bonds. The Bertz CT molecular complexity index is 141. The van der Waals surface area contributed by atoms with E-state index in [1.165, 1.54) is 25.8 Å². The number of hydrogen-bond donors (Lipinski definition) is 1. The van der Waals surface area contributed by atoms with Gasteiger partial charge in [0.1, 0.15) is 0 Å². The molecule has 1 fully saturated rings. The van der Waals surface area contributed by atoms with E-state index in [0.29, 0.717) is 6.04 Å². The van der Waals surface area contributed by atoms with Crippen LogP contribution in [0.3, 0.4) is 0 Å². The molecule has 0 radical (unpaired) electrons. The molecule has 0 spiro atoms. The van der Waals surface area contributed by atoms with E-state index in [4.69, 9.17) is 5.73 Å². The number of nitrogens with two attached hydrogens (primary N) is 1. The third-order valence-electron chi connectivity index (χ3n) is 2.88. The molecule has 0 saturated heterocycles. The van der Waals surface area contributed by atoms with Crippen molar-refractivity contribution in [3.63, 3.8) is 0 Å². The molecule has 1 rings (SSSR count). The van der Waals surface area contributed by atoms with E-state index < -0.39 is 0 Å². The van der Waals surface area contributed by atoms with E-state index in [2.05, 4.69) is 25.8 Å². The van der Waals surface area contributed by atoms with Gasteiger partial charge in [-0.05, 0) is 38.1 Å². The highest BCUT2D eigenvalue weighted by atomic mass is 15.1. The van der Waals surface area contributed by atoms with Crippen molar-refractivity contribution in [2.24, 2.45) is 17.6 Å². The van der Waals surface area contributed by atoms with Crippen molar-refractivity contribution in [2.75, 3.05) is 20.1 Å². The summed E-state index contributed by atoms with van der Waals surface area (Å²) in [7, 11) is 2.22. The van der Waals surface area contributed by atoms with Crippen LogP contribution >= 0.6 is 0 Å². The van der Waals surface area contributed by atoms with Gasteiger partial charge in [-0.25, -0.2) is 0 Å². The first-order chi connectivity index (χ1) is 6.13. The minimum absolute atomic E-state index is 0.598. The number of rotatable bonds is 6. The molecule has 0 aromatic heterocycles. The van der Waals surface area contributed by atoms with Crippen LogP contribution in [0.15, 0.2) is 0 Å². The summed E-state index contributed by atoms with van der Waals surface area (Å²) in [5.41, 5.74) is 5.78. The lowest BCUT2D eigenvalue weighted by molar-refractivity contribution is 0.210. The Kier molecular flexibility index (Phi) is 4.20. The Balaban J connectivity index is 2.25. The Morgan fingerprint density at radius 3 is 2.38 bits per heavy atom. The summed E-state index contributed by atoms with van der Waals surface area (Å²) in [6.07, 6.45) is 4.10. The first kappa shape index (κ1) is 11.0. The molecular weight excluding hydrogens is 160 g/mol. The van der Waals surface area contributed by atoms with Gasteiger partial charge in [-0.1, -0.05) is 13.8 Å². The maximum Gasteiger partial charge on any atom is 0.0217 e. The molecule has 1 aliphatic carbocycles. The number of nitrogens with zero attached hydrogens (tertiary/aromatic N) is 1. The summed E-state index contributed by atoms with van der Waals surface area (Å²) in [4.78, 5) is 2.46. The Labute approximate surface area is 82.5 Å². The molecule has 1 saturated carbocycles. The topological polar surface area (TPSA) is 29.3 Å². The SMILES string of the molecule is CC(C)CC(CN)N(C)CC1CC1. The summed E-state index contributed by atoms with van der Waals surface area (Å²) >= 11 is 0. The van der Waals surface area contributed by atoms with Crippen molar-refractivity contribution >= 4 is 0 Å². The first-order valence-corrected chi connectivity index (χ1v) is 5.53. The maximum absolute atomic E-state index is 5.78. The molecule has 1 unspecified atom stereocenters. The Morgan fingerprint density at radius 1 is 1.38 bits per heavy atom. The van der Waals surface area contributed by atoms with Crippen LogP contribution in [0.5, 0.6) is 0 Å². The second-order valence-corrected chi connectivity index (χ2v) is 4.90. The lowest BCUT2D eigenvalue weighted by atomic mass is 10.0. The van der Waals surface area contributed by atoms with Crippen LogP contribution in [0, 0.1) is 11.8 Å². The molecule has 0 heterocycles. The number of likely N-dealkylation sites (N-methyl/N-ethyl adjacent to an activating group) is 1. The second-order valence-electron chi connectivity index (χ2n) is 4.90. The summed E-state index contributed by atoms with van der Waals surface area (Å²) in [5, 5.41) is 0. The quantitative estimate of drug-likeness (QED) is 0.681. The molecule has 0 bridgehead atoms. The molecule has 0 aliphatic heterocycles. The summed E-state index contributed by atoms with van der Waals surface area (Å²) in [6.45, 7) is 6.61. The van der Waals surface area contributed by atoms with Gasteiger partial charge in [0.05, 0.1) is 0 Å². The van der Waals surface area contributed by atoms with Gasteiger partial charge < -0.3 is 10.6 Å². The molecule has 1 aliphatic rings. The van der Waals surface area contributed by atoms with Crippen LogP contribution in [0.25, 0.3) is 0 Å². The van der Waals surface area contributed by atoms with Crippen LogP contribution in [0.4, 0.5) is 0 Å². The fraction of sp³-hybridized carbons (Fsp3) is 1.00. The van der Waals surface area contributed by atoms with E-state index in [1.807, 2.05) is 0 Å². The maximum atomic E-state index is 5.78. The van der Waals surface area contributed by atoms with Crippen LogP contribution < -0.4 is 5.73 Å². The van der Waals surface area contributed by atoms with E-state index in [1.54, 1.807) is 0 Å². The van der Waals surface area contributed by atoms with Gasteiger partial charge in [-0.3, -0.25) is 0 Å². The largest absolute Gasteiger partial charge is 0.329 e. The highest BCUT2D eigenvalue weighted by Crippen LogP contribution is 2.30. The highest BCUT2D eigenvalue weighted by Gasteiger charge is 2.25. The predicted molar refractivity (Wildman–Crippen MR) is 57.7 cm³/mol. The second kappa shape index (κ2) is 4.97. The fourth-order valence-electron chi connectivity index (χ4n) is 1.86. The van der Waals surface area contributed by atoms with E-state index in [-0.39, 0.29) is 0 Å². The highest BCUT2D eigenvalue weighted by molar-refractivity contribution is 4.80. The van der Waals surface area contributed by atoms with E-state index in [0.717, 1.165) is 18.4 Å². The van der Waals surface area contributed by atoms with Gasteiger partial charge in [-0.15, -0.1) is 0 Å². The normalized spacial score (nSPS) is 19.8. The molecule has 1 atom stereocenters. The van der Waals surface area contributed by atoms with Crippen LogP contribution in [-0.2, 0) is 0 Å². The third-order valence-corrected chi connectivity index (χ3v) is 2.88. The van der Waals surface area contributed by atoms with Gasteiger partial charge >= 0.3 is 0 Å². The van der Waals surface area contributed by atoms with Crippen molar-refractivity contribution in [1.29, 1.82) is 0 Å². The zero-order valence-corrected chi connectivity index (χ0v) is 9.29. The zero-order valence-electron chi connectivity index (χ0n) is 9.29. The Morgan fingerprint density at radius 2 is 2.00 bits per heavy atom. The predicted octanol–water partition coefficient (Wildman–Crippen LogP) is 1.70. The summed E-state index contributed by atoms with van der Waals surface area (Å²) in [6, 6.07) is 0.598. The van der Waals surface area contributed by atoms with Gasteiger partial charge in [0.2, 0.25) is 0 Å². The van der Waals surface area contributed by atoms with Crippen molar-refractivity contribution in [1.82, 2.24) is 4.90 Å². The van der Waals surface area contributed by atoms with Crippen molar-refractivity contribution < 1.29 is 0 Å². The van der Waals surface area contributed by atoms with Crippen LogP contribution in [0.1, 0.15) is 33.1 Å². The smallest absolute Gasteiger partial charge is 0.0217 e. The molecule has 2 nitrogen and oxygen atoms in total.